The van der Waals surface area contributed by atoms with Gasteiger partial charge in [-0.1, -0.05) is 5.57 Å². The monoisotopic (exact) mass is 130 g/mol. The quantitative estimate of drug-likeness (QED) is 0.579. The molecule has 2 heteroatoms. The molecule has 46 valence electrons. The van der Waals surface area contributed by atoms with Crippen LogP contribution in [0.25, 0.3) is 0 Å². The lowest BCUT2D eigenvalue weighted by Gasteiger charge is -1.92. The Balaban J connectivity index is 2.58. The van der Waals surface area contributed by atoms with Gasteiger partial charge in [0.05, 0.1) is 6.61 Å². The molecule has 0 atom stereocenters. The lowest BCUT2D eigenvalue weighted by Crippen LogP contribution is -1.82. The van der Waals surface area contributed by atoms with Gasteiger partial charge < -0.3 is 5.11 Å². The van der Waals surface area contributed by atoms with E-state index in [4.69, 9.17) is 5.11 Å². The Morgan fingerprint density at radius 2 is 2.50 bits per heavy atom. The molecule has 0 unspecified atom stereocenters. The van der Waals surface area contributed by atoms with E-state index < -0.39 is 0 Å². The number of aliphatic hydroxyl groups is 1. The van der Waals surface area contributed by atoms with Crippen LogP contribution in [0, 0.1) is 0 Å². The number of allylic oxidation sites excluding steroid dienone is 1. The molecule has 1 heterocycles. The molecule has 0 aromatic rings. The van der Waals surface area contributed by atoms with Gasteiger partial charge in [-0.3, -0.25) is 0 Å². The Morgan fingerprint density at radius 3 is 2.75 bits per heavy atom. The number of thioether (sulfide) groups is 1. The third kappa shape index (κ3) is 1.06. The highest BCUT2D eigenvalue weighted by atomic mass is 32.2. The summed E-state index contributed by atoms with van der Waals surface area (Å²) in [5, 5.41) is 8.66. The summed E-state index contributed by atoms with van der Waals surface area (Å²) in [7, 11) is 0. The van der Waals surface area contributed by atoms with Gasteiger partial charge in [0.2, 0.25) is 0 Å². The number of aliphatic hydroxyl groups excluding tert-OH is 1. The van der Waals surface area contributed by atoms with E-state index in [1.165, 1.54) is 22.7 Å². The summed E-state index contributed by atoms with van der Waals surface area (Å²) in [6.45, 7) is 2.34. The van der Waals surface area contributed by atoms with Crippen molar-refractivity contribution in [3.63, 3.8) is 0 Å². The van der Waals surface area contributed by atoms with Gasteiger partial charge in [-0.2, -0.15) is 0 Å². The average molecular weight is 130 g/mol. The standard InChI is InChI=1S/C6H10OS/c1-5-2-3-8-6(5)4-7/h7H,2-4H2,1H3. The second-order valence-electron chi connectivity index (χ2n) is 1.96. The minimum atomic E-state index is 0.247. The maximum Gasteiger partial charge on any atom is 0.0740 e. The first-order valence-electron chi connectivity index (χ1n) is 2.77. The SMILES string of the molecule is CC1=C(CO)SCC1. The molecule has 0 saturated heterocycles. The summed E-state index contributed by atoms with van der Waals surface area (Å²) < 4.78 is 0. The fourth-order valence-corrected chi connectivity index (χ4v) is 1.86. The van der Waals surface area contributed by atoms with Crippen molar-refractivity contribution >= 4 is 11.8 Å². The second-order valence-corrected chi connectivity index (χ2v) is 3.15. The maximum atomic E-state index is 8.66. The summed E-state index contributed by atoms with van der Waals surface area (Å²) >= 11 is 1.78. The van der Waals surface area contributed by atoms with Crippen molar-refractivity contribution in [1.29, 1.82) is 0 Å². The highest BCUT2D eigenvalue weighted by Gasteiger charge is 2.08. The molecule has 0 aromatic heterocycles. The van der Waals surface area contributed by atoms with Crippen LogP contribution in [0.2, 0.25) is 0 Å². The van der Waals surface area contributed by atoms with Crippen molar-refractivity contribution in [3.8, 4) is 0 Å². The Kier molecular flexibility index (Phi) is 1.97. The molecular formula is C6H10OS. The molecular weight excluding hydrogens is 120 g/mol. The largest absolute Gasteiger partial charge is 0.391 e. The lowest BCUT2D eigenvalue weighted by molar-refractivity contribution is 0.339. The van der Waals surface area contributed by atoms with E-state index in [1.807, 2.05) is 0 Å². The molecule has 0 amide bonds. The van der Waals surface area contributed by atoms with Gasteiger partial charge in [-0.15, -0.1) is 11.8 Å². The van der Waals surface area contributed by atoms with Crippen molar-refractivity contribution in [2.24, 2.45) is 0 Å². The Hall–Kier alpha value is 0.0500. The van der Waals surface area contributed by atoms with Gasteiger partial charge in [0, 0.05) is 10.7 Å². The lowest BCUT2D eigenvalue weighted by atomic mass is 10.2. The van der Waals surface area contributed by atoms with Crippen molar-refractivity contribution < 1.29 is 5.11 Å². The third-order valence-electron chi connectivity index (χ3n) is 1.37. The minimum Gasteiger partial charge on any atom is -0.391 e. The van der Waals surface area contributed by atoms with Gasteiger partial charge in [-0.05, 0) is 13.3 Å². The van der Waals surface area contributed by atoms with Crippen LogP contribution < -0.4 is 0 Å². The predicted octanol–water partition coefficient (Wildman–Crippen LogP) is 1.39. The number of hydrogen-bond acceptors (Lipinski definition) is 2. The number of rotatable bonds is 1. The van der Waals surface area contributed by atoms with E-state index in [0.717, 1.165) is 0 Å². The van der Waals surface area contributed by atoms with Crippen LogP contribution in [0.3, 0.4) is 0 Å². The first-order valence-corrected chi connectivity index (χ1v) is 3.75. The van der Waals surface area contributed by atoms with E-state index in [9.17, 15) is 0 Å². The van der Waals surface area contributed by atoms with E-state index in [2.05, 4.69) is 6.92 Å². The molecule has 0 radical (unpaired) electrons. The highest BCUT2D eigenvalue weighted by Crippen LogP contribution is 2.29. The highest BCUT2D eigenvalue weighted by molar-refractivity contribution is 8.03. The molecule has 1 aliphatic rings. The molecule has 8 heavy (non-hydrogen) atoms. The minimum absolute atomic E-state index is 0.247. The smallest absolute Gasteiger partial charge is 0.0740 e. The molecule has 0 spiro atoms. The fraction of sp³-hybridized carbons (Fsp3) is 0.667. The fourth-order valence-electron chi connectivity index (χ4n) is 0.771. The molecule has 1 rings (SSSR count). The average Bonchev–Trinajstić information content (AvgIpc) is 2.14. The van der Waals surface area contributed by atoms with Gasteiger partial charge in [0.25, 0.3) is 0 Å². The first-order chi connectivity index (χ1) is 3.84. The summed E-state index contributed by atoms with van der Waals surface area (Å²) in [5.41, 5.74) is 1.37. The van der Waals surface area contributed by atoms with E-state index in [0.29, 0.717) is 0 Å². The Labute approximate surface area is 53.8 Å². The van der Waals surface area contributed by atoms with Gasteiger partial charge >= 0.3 is 0 Å². The summed E-state index contributed by atoms with van der Waals surface area (Å²) in [4.78, 5) is 1.19. The van der Waals surface area contributed by atoms with Crippen molar-refractivity contribution in [2.45, 2.75) is 13.3 Å². The third-order valence-corrected chi connectivity index (χ3v) is 2.61. The van der Waals surface area contributed by atoms with Crippen LogP contribution in [-0.2, 0) is 0 Å². The zero-order valence-corrected chi connectivity index (χ0v) is 5.79. The zero-order chi connectivity index (χ0) is 5.98. The Morgan fingerprint density at radius 1 is 1.75 bits per heavy atom. The van der Waals surface area contributed by atoms with E-state index in [-0.39, 0.29) is 6.61 Å². The molecule has 0 bridgehead atoms. The number of hydrogen-bond donors (Lipinski definition) is 1. The van der Waals surface area contributed by atoms with Crippen molar-refractivity contribution in [3.05, 3.63) is 10.5 Å². The summed E-state index contributed by atoms with van der Waals surface area (Å²) in [5.74, 6) is 1.17. The van der Waals surface area contributed by atoms with Gasteiger partial charge in [-0.25, -0.2) is 0 Å². The molecule has 1 nitrogen and oxygen atoms in total. The maximum absolute atomic E-state index is 8.66. The van der Waals surface area contributed by atoms with Gasteiger partial charge in [0.15, 0.2) is 0 Å². The van der Waals surface area contributed by atoms with Crippen LogP contribution in [-0.4, -0.2) is 17.5 Å². The summed E-state index contributed by atoms with van der Waals surface area (Å²) in [6, 6.07) is 0. The molecule has 1 aliphatic heterocycles. The van der Waals surface area contributed by atoms with E-state index >= 15 is 0 Å². The van der Waals surface area contributed by atoms with Crippen LogP contribution >= 0.6 is 11.8 Å². The van der Waals surface area contributed by atoms with Gasteiger partial charge in [0.1, 0.15) is 0 Å². The molecule has 0 saturated carbocycles. The second kappa shape index (κ2) is 2.55. The molecule has 1 N–H and O–H groups in total. The van der Waals surface area contributed by atoms with Crippen LogP contribution in [0.4, 0.5) is 0 Å². The Bertz CT molecular complexity index is 118. The van der Waals surface area contributed by atoms with Crippen LogP contribution in [0.15, 0.2) is 10.5 Å². The molecule has 0 fully saturated rings. The first kappa shape index (κ1) is 6.17. The molecule has 0 aromatic carbocycles. The predicted molar refractivity (Wildman–Crippen MR) is 36.9 cm³/mol. The normalized spacial score (nSPS) is 20.2. The van der Waals surface area contributed by atoms with Crippen molar-refractivity contribution in [2.75, 3.05) is 12.4 Å². The topological polar surface area (TPSA) is 20.2 Å². The molecule has 0 aliphatic carbocycles. The van der Waals surface area contributed by atoms with Crippen molar-refractivity contribution in [1.82, 2.24) is 0 Å². The van der Waals surface area contributed by atoms with E-state index in [1.54, 1.807) is 11.8 Å². The summed E-state index contributed by atoms with van der Waals surface area (Å²) in [6.07, 6.45) is 1.17. The van der Waals surface area contributed by atoms with Crippen LogP contribution in [0.5, 0.6) is 0 Å². The van der Waals surface area contributed by atoms with Crippen LogP contribution in [0.1, 0.15) is 13.3 Å². The zero-order valence-electron chi connectivity index (χ0n) is 4.98.